The highest BCUT2D eigenvalue weighted by Crippen LogP contribution is 2.27. The van der Waals surface area contributed by atoms with Crippen LogP contribution in [-0.2, 0) is 0 Å². The van der Waals surface area contributed by atoms with Crippen LogP contribution >= 0.6 is 0 Å². The summed E-state index contributed by atoms with van der Waals surface area (Å²) in [6, 6.07) is 11.8. The van der Waals surface area contributed by atoms with E-state index in [0.29, 0.717) is 0 Å². The van der Waals surface area contributed by atoms with Gasteiger partial charge in [-0.3, -0.25) is 9.98 Å². The Bertz CT molecular complexity index is 582. The first-order valence-corrected chi connectivity index (χ1v) is 9.16. The largest absolute Gasteiger partial charge is 0.546 e. The number of rotatable bonds is 4. The summed E-state index contributed by atoms with van der Waals surface area (Å²) < 4.78 is 5.87. The Labute approximate surface area is 115 Å². The first-order valence-electron chi connectivity index (χ1n) is 6.38. The Kier molecular flexibility index (Phi) is 4.47. The average Bonchev–Trinajstić information content (AvgIpc) is 2.39. The van der Waals surface area contributed by atoms with E-state index in [4.69, 9.17) is 4.43 Å². The number of aliphatic imine (C=N–C) groups is 1. The highest BCUT2D eigenvalue weighted by molar-refractivity contribution is 6.49. The van der Waals surface area contributed by atoms with Gasteiger partial charge in [0.25, 0.3) is 0 Å². The molecule has 0 aliphatic heterocycles. The Morgan fingerprint density at radius 1 is 1.16 bits per heavy atom. The molecule has 4 heteroatoms. The fourth-order valence-corrected chi connectivity index (χ4v) is 2.39. The van der Waals surface area contributed by atoms with Crippen LogP contribution in [0.15, 0.2) is 47.6 Å². The molecular formula is C15H18N2OSi. The molecule has 0 bridgehead atoms. The Morgan fingerprint density at radius 3 is 2.68 bits per heavy atom. The molecule has 0 spiro atoms. The quantitative estimate of drug-likeness (QED) is 0.629. The summed E-state index contributed by atoms with van der Waals surface area (Å²) in [5, 5.41) is 0. The molecule has 0 N–H and O–H groups in total. The van der Waals surface area contributed by atoms with Gasteiger partial charge in [-0.2, -0.15) is 0 Å². The molecule has 0 amide bonds. The van der Waals surface area contributed by atoms with Crippen LogP contribution in [0.2, 0.25) is 13.1 Å². The van der Waals surface area contributed by atoms with Crippen molar-refractivity contribution in [2.75, 3.05) is 0 Å². The number of hydrogen-bond donors (Lipinski definition) is 0. The third-order valence-electron chi connectivity index (χ3n) is 2.60. The van der Waals surface area contributed by atoms with Crippen LogP contribution in [-0.4, -0.2) is 20.2 Å². The zero-order valence-corrected chi connectivity index (χ0v) is 12.7. The van der Waals surface area contributed by atoms with E-state index in [1.165, 1.54) is 0 Å². The molecule has 0 aliphatic carbocycles. The summed E-state index contributed by atoms with van der Waals surface area (Å²) in [5.74, 6) is 0.856. The van der Waals surface area contributed by atoms with E-state index in [0.717, 1.165) is 22.7 Å². The minimum atomic E-state index is -1.12. The van der Waals surface area contributed by atoms with Crippen molar-refractivity contribution in [3.63, 3.8) is 0 Å². The van der Waals surface area contributed by atoms with Crippen molar-refractivity contribution in [3.8, 4) is 5.75 Å². The van der Waals surface area contributed by atoms with Crippen molar-refractivity contribution >= 4 is 20.9 Å². The lowest BCUT2D eigenvalue weighted by molar-refractivity contribution is 0.582. The van der Waals surface area contributed by atoms with Gasteiger partial charge >= 0.3 is 0 Å². The normalized spacial score (nSPS) is 11.2. The van der Waals surface area contributed by atoms with E-state index < -0.39 is 9.04 Å². The maximum absolute atomic E-state index is 5.87. The summed E-state index contributed by atoms with van der Waals surface area (Å²) in [5.41, 5.74) is 2.86. The zero-order chi connectivity index (χ0) is 13.7. The van der Waals surface area contributed by atoms with Crippen LogP contribution < -0.4 is 4.43 Å². The van der Waals surface area contributed by atoms with Crippen molar-refractivity contribution in [1.29, 1.82) is 0 Å². The van der Waals surface area contributed by atoms with Crippen LogP contribution in [0, 0.1) is 6.92 Å². The Morgan fingerprint density at radius 2 is 1.95 bits per heavy atom. The highest BCUT2D eigenvalue weighted by Gasteiger charge is 2.04. The molecule has 0 saturated carbocycles. The van der Waals surface area contributed by atoms with Crippen LogP contribution in [0.4, 0.5) is 5.69 Å². The van der Waals surface area contributed by atoms with E-state index in [1.54, 1.807) is 12.4 Å². The van der Waals surface area contributed by atoms with Crippen molar-refractivity contribution in [3.05, 3.63) is 53.9 Å². The van der Waals surface area contributed by atoms with Crippen molar-refractivity contribution in [2.45, 2.75) is 20.0 Å². The maximum atomic E-state index is 5.87. The van der Waals surface area contributed by atoms with Gasteiger partial charge in [0.15, 0.2) is 0 Å². The van der Waals surface area contributed by atoms with E-state index >= 15 is 0 Å². The standard InChI is InChI=1S/C15H18N2OSi/c1-12-7-6-10-16-14(12)11-17-13-8-4-5-9-15(13)18-19(2)3/h4-11,19H,1-3H3. The molecular weight excluding hydrogens is 252 g/mol. The predicted molar refractivity (Wildman–Crippen MR) is 82.2 cm³/mol. The molecule has 19 heavy (non-hydrogen) atoms. The van der Waals surface area contributed by atoms with E-state index in [9.17, 15) is 0 Å². The molecule has 2 rings (SSSR count). The second-order valence-corrected chi connectivity index (χ2v) is 6.93. The van der Waals surface area contributed by atoms with Crippen molar-refractivity contribution in [1.82, 2.24) is 4.98 Å². The summed E-state index contributed by atoms with van der Waals surface area (Å²) in [7, 11) is -1.12. The van der Waals surface area contributed by atoms with E-state index in [2.05, 4.69) is 23.1 Å². The number of para-hydroxylation sites is 2. The van der Waals surface area contributed by atoms with Gasteiger partial charge in [0.1, 0.15) is 11.4 Å². The minimum Gasteiger partial charge on any atom is -0.546 e. The minimum absolute atomic E-state index is 0.855. The zero-order valence-electron chi connectivity index (χ0n) is 11.5. The molecule has 0 fully saturated rings. The van der Waals surface area contributed by atoms with Gasteiger partial charge in [-0.05, 0) is 43.8 Å². The molecule has 1 heterocycles. The van der Waals surface area contributed by atoms with E-state index in [1.807, 2.05) is 43.3 Å². The van der Waals surface area contributed by atoms with Crippen LogP contribution in [0.5, 0.6) is 5.75 Å². The molecule has 0 atom stereocenters. The predicted octanol–water partition coefficient (Wildman–Crippen LogP) is 3.50. The highest BCUT2D eigenvalue weighted by atomic mass is 28.3. The molecule has 0 unspecified atom stereocenters. The number of aromatic nitrogens is 1. The van der Waals surface area contributed by atoms with Gasteiger partial charge in [-0.1, -0.05) is 18.2 Å². The first kappa shape index (κ1) is 13.5. The summed E-state index contributed by atoms with van der Waals surface area (Å²) in [6.07, 6.45) is 3.57. The number of nitrogens with zero attached hydrogens (tertiary/aromatic N) is 2. The lowest BCUT2D eigenvalue weighted by Crippen LogP contribution is -2.11. The monoisotopic (exact) mass is 270 g/mol. The topological polar surface area (TPSA) is 34.5 Å². The molecule has 0 aliphatic rings. The van der Waals surface area contributed by atoms with Crippen molar-refractivity contribution in [2.24, 2.45) is 4.99 Å². The van der Waals surface area contributed by atoms with Crippen LogP contribution in [0.1, 0.15) is 11.3 Å². The lowest BCUT2D eigenvalue weighted by Gasteiger charge is -2.11. The lowest BCUT2D eigenvalue weighted by atomic mass is 10.2. The van der Waals surface area contributed by atoms with E-state index in [-0.39, 0.29) is 0 Å². The average molecular weight is 270 g/mol. The fourth-order valence-electron chi connectivity index (χ4n) is 1.68. The molecule has 1 aromatic carbocycles. The fraction of sp³-hybridized carbons (Fsp3) is 0.200. The maximum Gasteiger partial charge on any atom is 0.229 e. The number of pyridine rings is 1. The molecule has 1 aromatic heterocycles. The smallest absolute Gasteiger partial charge is 0.229 e. The van der Waals surface area contributed by atoms with Gasteiger partial charge < -0.3 is 4.43 Å². The summed E-state index contributed by atoms with van der Waals surface area (Å²) in [4.78, 5) is 8.80. The molecule has 0 saturated heterocycles. The third kappa shape index (κ3) is 3.76. The second-order valence-electron chi connectivity index (χ2n) is 4.60. The molecule has 0 radical (unpaired) electrons. The Balaban J connectivity index is 2.26. The Hall–Kier alpha value is -1.94. The molecule has 3 nitrogen and oxygen atoms in total. The van der Waals surface area contributed by atoms with Gasteiger partial charge in [0, 0.05) is 6.20 Å². The first-order chi connectivity index (χ1) is 9.16. The van der Waals surface area contributed by atoms with Gasteiger partial charge in [-0.15, -0.1) is 0 Å². The molecule has 98 valence electrons. The second kappa shape index (κ2) is 6.29. The van der Waals surface area contributed by atoms with Crippen LogP contribution in [0.3, 0.4) is 0 Å². The van der Waals surface area contributed by atoms with Crippen LogP contribution in [0.25, 0.3) is 0 Å². The van der Waals surface area contributed by atoms with Gasteiger partial charge in [-0.25, -0.2) is 0 Å². The SMILES string of the molecule is Cc1cccnc1C=Nc1ccccc1O[SiH](C)C. The number of hydrogen-bond acceptors (Lipinski definition) is 3. The van der Waals surface area contributed by atoms with Gasteiger partial charge in [0.05, 0.1) is 11.9 Å². The van der Waals surface area contributed by atoms with Gasteiger partial charge in [0.2, 0.25) is 9.04 Å². The summed E-state index contributed by atoms with van der Waals surface area (Å²) >= 11 is 0. The molecule has 2 aromatic rings. The number of benzene rings is 1. The van der Waals surface area contributed by atoms with Crippen molar-refractivity contribution < 1.29 is 4.43 Å². The third-order valence-corrected chi connectivity index (χ3v) is 3.33. The summed E-state index contributed by atoms with van der Waals surface area (Å²) in [6.45, 7) is 6.31. The number of aryl methyl sites for hydroxylation is 1.